The molecule has 0 saturated carbocycles. The van der Waals surface area contributed by atoms with E-state index in [0.717, 1.165) is 6.42 Å². The van der Waals surface area contributed by atoms with Crippen LogP contribution in [-0.4, -0.2) is 73.9 Å². The molecule has 1 aromatic rings. The fourth-order valence-corrected chi connectivity index (χ4v) is 3.57. The molecular weight excluding hydrogens is 492 g/mol. The van der Waals surface area contributed by atoms with Gasteiger partial charge in [-0.2, -0.15) is 0 Å². The fraction of sp³-hybridized carbons (Fsp3) is 0.520. The second-order valence-corrected chi connectivity index (χ2v) is 8.58. The van der Waals surface area contributed by atoms with Crippen molar-refractivity contribution in [3.63, 3.8) is 0 Å². The zero-order valence-electron chi connectivity index (χ0n) is 20.5. The number of ether oxygens (including phenoxy) is 6. The van der Waals surface area contributed by atoms with E-state index in [2.05, 4.69) is 14.2 Å². The molecule has 0 radical (unpaired) electrons. The molecular formula is C25H28O12. The van der Waals surface area contributed by atoms with Crippen LogP contribution in [0.3, 0.4) is 0 Å². The highest BCUT2D eigenvalue weighted by molar-refractivity contribution is 6.04. The maximum absolute atomic E-state index is 12.5. The molecule has 4 rings (SSSR count). The molecule has 3 fully saturated rings. The summed E-state index contributed by atoms with van der Waals surface area (Å²) in [5, 5.41) is 0. The molecule has 0 N–H and O–H groups in total. The molecule has 37 heavy (non-hydrogen) atoms. The first kappa shape index (κ1) is 27.6. The Kier molecular flexibility index (Phi) is 9.58. The van der Waals surface area contributed by atoms with Crippen molar-refractivity contribution < 1.29 is 57.2 Å². The van der Waals surface area contributed by atoms with Crippen molar-refractivity contribution in [2.75, 3.05) is 19.8 Å². The van der Waals surface area contributed by atoms with Gasteiger partial charge in [0.05, 0.1) is 5.56 Å². The third-order valence-electron chi connectivity index (χ3n) is 5.71. The molecule has 0 bridgehead atoms. The second kappa shape index (κ2) is 12.8. The van der Waals surface area contributed by atoms with E-state index >= 15 is 0 Å². The Balaban J connectivity index is 0.000000405. The van der Waals surface area contributed by atoms with Crippen LogP contribution in [0.15, 0.2) is 18.2 Å². The number of hydrogen-bond donors (Lipinski definition) is 0. The minimum atomic E-state index is -0.765. The van der Waals surface area contributed by atoms with Crippen molar-refractivity contribution in [2.24, 2.45) is 0 Å². The third kappa shape index (κ3) is 8.29. The van der Waals surface area contributed by atoms with Crippen LogP contribution in [0.5, 0.6) is 0 Å². The Morgan fingerprint density at radius 2 is 1.49 bits per heavy atom. The second-order valence-electron chi connectivity index (χ2n) is 8.58. The zero-order valence-corrected chi connectivity index (χ0v) is 20.5. The van der Waals surface area contributed by atoms with Crippen LogP contribution < -0.4 is 0 Å². The summed E-state index contributed by atoms with van der Waals surface area (Å²) in [5.41, 5.74) is 0.439. The van der Waals surface area contributed by atoms with Gasteiger partial charge < -0.3 is 28.4 Å². The number of cyclic esters (lactones) is 5. The summed E-state index contributed by atoms with van der Waals surface area (Å²) in [7, 11) is 0. The predicted molar refractivity (Wildman–Crippen MR) is 122 cm³/mol. The van der Waals surface area contributed by atoms with Gasteiger partial charge in [0.1, 0.15) is 38.1 Å². The highest BCUT2D eigenvalue weighted by atomic mass is 16.8. The van der Waals surface area contributed by atoms with Gasteiger partial charge in [-0.15, -0.1) is 0 Å². The number of rotatable bonds is 9. The molecule has 3 heterocycles. The normalized spacial score (nSPS) is 22.0. The van der Waals surface area contributed by atoms with E-state index in [0.29, 0.717) is 13.0 Å². The molecule has 3 atom stereocenters. The monoisotopic (exact) mass is 520 g/mol. The van der Waals surface area contributed by atoms with Gasteiger partial charge >= 0.3 is 24.2 Å². The Morgan fingerprint density at radius 3 is 2.00 bits per heavy atom. The quantitative estimate of drug-likeness (QED) is 0.266. The summed E-state index contributed by atoms with van der Waals surface area (Å²) in [4.78, 5) is 68.9. The average molecular weight is 520 g/mol. The van der Waals surface area contributed by atoms with Crippen LogP contribution in [0.25, 0.3) is 0 Å². The summed E-state index contributed by atoms with van der Waals surface area (Å²) < 4.78 is 28.9. The van der Waals surface area contributed by atoms with Gasteiger partial charge in [-0.05, 0) is 44.4 Å². The number of ketones is 2. The van der Waals surface area contributed by atoms with Gasteiger partial charge in [-0.3, -0.25) is 14.4 Å². The lowest BCUT2D eigenvalue weighted by atomic mass is 9.98. The Hall–Kier alpha value is -3.96. The Bertz CT molecular complexity index is 1000. The number of esters is 2. The van der Waals surface area contributed by atoms with Gasteiger partial charge in [0.25, 0.3) is 0 Å². The lowest BCUT2D eigenvalue weighted by Crippen LogP contribution is -2.19. The van der Waals surface area contributed by atoms with Crippen molar-refractivity contribution in [3.05, 3.63) is 34.9 Å². The highest BCUT2D eigenvalue weighted by Gasteiger charge is 2.27. The molecule has 0 spiro atoms. The van der Waals surface area contributed by atoms with Gasteiger partial charge in [-0.25, -0.2) is 14.4 Å². The highest BCUT2D eigenvalue weighted by Crippen LogP contribution is 2.19. The summed E-state index contributed by atoms with van der Waals surface area (Å²) in [6.45, 7) is 3.70. The van der Waals surface area contributed by atoms with E-state index < -0.39 is 30.5 Å². The van der Waals surface area contributed by atoms with E-state index in [9.17, 15) is 28.8 Å². The van der Waals surface area contributed by atoms with E-state index in [1.54, 1.807) is 0 Å². The third-order valence-corrected chi connectivity index (χ3v) is 5.71. The number of carbonyl (C=O) groups is 6. The lowest BCUT2D eigenvalue weighted by Gasteiger charge is -2.12. The van der Waals surface area contributed by atoms with Gasteiger partial charge in [0.15, 0.2) is 11.6 Å². The van der Waals surface area contributed by atoms with E-state index in [-0.39, 0.29) is 72.8 Å². The van der Waals surface area contributed by atoms with Gasteiger partial charge in [-0.1, -0.05) is 6.92 Å². The molecule has 0 aliphatic carbocycles. The van der Waals surface area contributed by atoms with Crippen LogP contribution >= 0.6 is 0 Å². The maximum atomic E-state index is 12.5. The van der Waals surface area contributed by atoms with Crippen LogP contribution in [0.1, 0.15) is 77.0 Å². The zero-order chi connectivity index (χ0) is 26.9. The molecule has 3 saturated heterocycles. The van der Waals surface area contributed by atoms with Gasteiger partial charge in [0, 0.05) is 24.0 Å². The minimum absolute atomic E-state index is 0.00231. The van der Waals surface area contributed by atoms with E-state index in [1.807, 2.05) is 6.92 Å². The fourth-order valence-electron chi connectivity index (χ4n) is 3.57. The van der Waals surface area contributed by atoms with Crippen LogP contribution in [0.4, 0.5) is 9.59 Å². The summed E-state index contributed by atoms with van der Waals surface area (Å²) in [6.07, 6.45) is -0.372. The van der Waals surface area contributed by atoms with Crippen LogP contribution in [0.2, 0.25) is 0 Å². The first-order valence-corrected chi connectivity index (χ1v) is 11.9. The predicted octanol–water partition coefficient (Wildman–Crippen LogP) is 3.18. The number of carbonyl (C=O) groups excluding carboxylic acids is 6. The SMILES string of the molecule is CC(=O)c1cc(C(=O)CCC2COC(=O)O2)cc(C(=O)OCC2CCC(=O)O2)c1.CCC1COC(=O)O1. The maximum Gasteiger partial charge on any atom is 0.508 e. The van der Waals surface area contributed by atoms with Crippen molar-refractivity contribution >= 4 is 35.8 Å². The average Bonchev–Trinajstić information content (AvgIpc) is 3.62. The van der Waals surface area contributed by atoms with Crippen molar-refractivity contribution in [1.82, 2.24) is 0 Å². The molecule has 1 aromatic carbocycles. The Morgan fingerprint density at radius 1 is 0.865 bits per heavy atom. The topological polar surface area (TPSA) is 158 Å². The van der Waals surface area contributed by atoms with E-state index in [1.165, 1.54) is 25.1 Å². The molecule has 200 valence electrons. The summed E-state index contributed by atoms with van der Waals surface area (Å²) in [6, 6.07) is 4.13. The molecule has 0 aromatic heterocycles. The molecule has 3 aliphatic heterocycles. The molecule has 0 amide bonds. The van der Waals surface area contributed by atoms with Crippen molar-refractivity contribution in [3.8, 4) is 0 Å². The molecule has 12 nitrogen and oxygen atoms in total. The number of benzene rings is 1. The first-order valence-electron chi connectivity index (χ1n) is 11.9. The van der Waals surface area contributed by atoms with Crippen LogP contribution in [-0.2, 0) is 33.2 Å². The number of Topliss-reactive ketones (excluding diaryl/α,β-unsaturated/α-hetero) is 2. The first-order chi connectivity index (χ1) is 17.6. The lowest BCUT2D eigenvalue weighted by molar-refractivity contribution is -0.142. The van der Waals surface area contributed by atoms with E-state index in [4.69, 9.17) is 14.2 Å². The van der Waals surface area contributed by atoms with Crippen LogP contribution in [0, 0.1) is 0 Å². The van der Waals surface area contributed by atoms with Crippen molar-refractivity contribution in [1.29, 1.82) is 0 Å². The molecule has 12 heteroatoms. The standard InChI is InChI=1S/C20H20O9.C5H8O3/c1-11(21)12-6-13(17(22)4-2-16-10-27-20(25)29-16)8-14(7-12)19(24)26-9-15-3-5-18(23)28-15;1-2-4-3-7-5(6)8-4/h6-8,15-16H,2-5,9-10H2,1H3;4H,2-3H2,1H3. The number of hydrogen-bond acceptors (Lipinski definition) is 12. The largest absolute Gasteiger partial charge is 0.508 e. The smallest absolute Gasteiger partial charge is 0.459 e. The van der Waals surface area contributed by atoms with Crippen molar-refractivity contribution in [2.45, 2.75) is 64.3 Å². The minimum Gasteiger partial charge on any atom is -0.459 e. The Labute approximate surface area is 212 Å². The van der Waals surface area contributed by atoms with Gasteiger partial charge in [0.2, 0.25) is 0 Å². The summed E-state index contributed by atoms with van der Waals surface area (Å²) >= 11 is 0. The summed E-state index contributed by atoms with van der Waals surface area (Å²) in [5.74, 6) is -1.68. The molecule has 3 aliphatic rings. The molecule has 3 unspecified atom stereocenters.